The average molecular weight is 302 g/mol. The van der Waals surface area contributed by atoms with Crippen LogP contribution in [0, 0.1) is 12.3 Å². The Balaban J connectivity index is 2.23. The lowest BCUT2D eigenvalue weighted by Gasteiger charge is -2.19. The smallest absolute Gasteiger partial charge is 0.310 e. The molecule has 0 saturated heterocycles. The minimum atomic E-state index is -1.05. The van der Waals surface area contributed by atoms with Gasteiger partial charge in [-0.05, 0) is 13.8 Å². The number of nitrogens with zero attached hydrogens (tertiary/aromatic N) is 1. The predicted molar refractivity (Wildman–Crippen MR) is 80.4 cm³/mol. The van der Waals surface area contributed by atoms with Crippen LogP contribution < -0.4 is 5.32 Å². The number of carboxylic acid groups (broad SMARTS) is 1. The number of rotatable bonds is 5. The molecule has 2 rings (SSSR count). The summed E-state index contributed by atoms with van der Waals surface area (Å²) in [6.45, 7) is 4.75. The van der Waals surface area contributed by atoms with Gasteiger partial charge in [0.15, 0.2) is 17.3 Å². The first-order valence-electron chi connectivity index (χ1n) is 6.86. The van der Waals surface area contributed by atoms with Crippen molar-refractivity contribution in [1.29, 1.82) is 0 Å². The van der Waals surface area contributed by atoms with Crippen LogP contribution in [-0.4, -0.2) is 28.5 Å². The SMILES string of the molecule is Cc1nc(C(=O)NCC(C)(C)C(=O)O)c(-c2ccccc2)o1. The van der Waals surface area contributed by atoms with Crippen molar-refractivity contribution < 1.29 is 19.1 Å². The van der Waals surface area contributed by atoms with Gasteiger partial charge in [0, 0.05) is 19.0 Å². The molecule has 0 aliphatic rings. The summed E-state index contributed by atoms with van der Waals surface area (Å²) < 4.78 is 5.51. The fourth-order valence-electron chi connectivity index (χ4n) is 1.83. The van der Waals surface area contributed by atoms with Gasteiger partial charge >= 0.3 is 5.97 Å². The summed E-state index contributed by atoms with van der Waals surface area (Å²) in [5.41, 5.74) is -0.155. The van der Waals surface area contributed by atoms with Crippen molar-refractivity contribution in [2.45, 2.75) is 20.8 Å². The molecule has 0 atom stereocenters. The molecular formula is C16H18N2O4. The Kier molecular flexibility index (Phi) is 4.30. The van der Waals surface area contributed by atoms with Gasteiger partial charge in [0.2, 0.25) is 0 Å². The normalized spacial score (nSPS) is 11.2. The van der Waals surface area contributed by atoms with E-state index >= 15 is 0 Å². The number of benzene rings is 1. The van der Waals surface area contributed by atoms with Crippen molar-refractivity contribution in [1.82, 2.24) is 10.3 Å². The van der Waals surface area contributed by atoms with Crippen LogP contribution in [0.25, 0.3) is 11.3 Å². The molecule has 0 unspecified atom stereocenters. The van der Waals surface area contributed by atoms with Crippen LogP contribution in [0.2, 0.25) is 0 Å². The number of carbonyl (C=O) groups is 2. The number of oxazole rings is 1. The second-order valence-electron chi connectivity index (χ2n) is 5.65. The highest BCUT2D eigenvalue weighted by molar-refractivity contribution is 5.98. The summed E-state index contributed by atoms with van der Waals surface area (Å²) in [7, 11) is 0. The third-order valence-corrected chi connectivity index (χ3v) is 3.25. The highest BCUT2D eigenvalue weighted by Crippen LogP contribution is 2.24. The molecule has 6 heteroatoms. The summed E-state index contributed by atoms with van der Waals surface area (Å²) in [5, 5.41) is 11.7. The maximum atomic E-state index is 12.3. The molecule has 1 aromatic carbocycles. The van der Waals surface area contributed by atoms with Gasteiger partial charge in [0.1, 0.15) is 0 Å². The van der Waals surface area contributed by atoms with Gasteiger partial charge in [-0.2, -0.15) is 0 Å². The van der Waals surface area contributed by atoms with E-state index in [9.17, 15) is 9.59 Å². The average Bonchev–Trinajstić information content (AvgIpc) is 2.87. The van der Waals surface area contributed by atoms with Crippen molar-refractivity contribution in [3.8, 4) is 11.3 Å². The largest absolute Gasteiger partial charge is 0.481 e. The van der Waals surface area contributed by atoms with Crippen LogP contribution in [0.1, 0.15) is 30.2 Å². The van der Waals surface area contributed by atoms with Crippen LogP contribution in [0.5, 0.6) is 0 Å². The molecule has 0 saturated carbocycles. The van der Waals surface area contributed by atoms with Gasteiger partial charge in [-0.15, -0.1) is 0 Å². The second kappa shape index (κ2) is 6.01. The Bertz CT molecular complexity index is 689. The van der Waals surface area contributed by atoms with Crippen LogP contribution >= 0.6 is 0 Å². The minimum absolute atomic E-state index is 0.00129. The highest BCUT2D eigenvalue weighted by atomic mass is 16.4. The molecule has 0 bridgehead atoms. The van der Waals surface area contributed by atoms with Gasteiger partial charge in [0.05, 0.1) is 5.41 Å². The number of aliphatic carboxylic acids is 1. The zero-order valence-corrected chi connectivity index (χ0v) is 12.7. The van der Waals surface area contributed by atoms with Crippen LogP contribution in [0.3, 0.4) is 0 Å². The van der Waals surface area contributed by atoms with Crippen LogP contribution in [-0.2, 0) is 4.79 Å². The number of carbonyl (C=O) groups excluding carboxylic acids is 1. The first-order chi connectivity index (χ1) is 10.3. The van der Waals surface area contributed by atoms with E-state index < -0.39 is 17.3 Å². The van der Waals surface area contributed by atoms with Gasteiger partial charge in [0.25, 0.3) is 5.91 Å². The number of aryl methyl sites for hydroxylation is 1. The number of aromatic nitrogens is 1. The van der Waals surface area contributed by atoms with Crippen molar-refractivity contribution in [2.24, 2.45) is 5.41 Å². The molecule has 22 heavy (non-hydrogen) atoms. The number of hydrogen-bond donors (Lipinski definition) is 2. The number of nitrogens with one attached hydrogen (secondary N) is 1. The lowest BCUT2D eigenvalue weighted by molar-refractivity contribution is -0.146. The Hall–Kier alpha value is -2.63. The zero-order valence-electron chi connectivity index (χ0n) is 12.7. The molecule has 116 valence electrons. The standard InChI is InChI=1S/C16H18N2O4/c1-10-18-12(13(22-10)11-7-5-4-6-8-11)14(19)17-9-16(2,3)15(20)21/h4-8H,9H2,1-3H3,(H,17,19)(H,20,21). The van der Waals surface area contributed by atoms with Crippen LogP contribution in [0.4, 0.5) is 0 Å². The number of carboxylic acids is 1. The third-order valence-electron chi connectivity index (χ3n) is 3.25. The molecule has 2 N–H and O–H groups in total. The zero-order chi connectivity index (χ0) is 16.3. The molecule has 0 radical (unpaired) electrons. The van der Waals surface area contributed by atoms with Gasteiger partial charge in [-0.1, -0.05) is 30.3 Å². The van der Waals surface area contributed by atoms with Crippen molar-refractivity contribution >= 4 is 11.9 Å². The lowest BCUT2D eigenvalue weighted by atomic mass is 9.94. The van der Waals surface area contributed by atoms with E-state index in [0.29, 0.717) is 11.7 Å². The molecule has 0 aliphatic heterocycles. The maximum Gasteiger partial charge on any atom is 0.310 e. The molecule has 1 amide bonds. The lowest BCUT2D eigenvalue weighted by Crippen LogP contribution is -2.39. The Labute approximate surface area is 128 Å². The molecular weight excluding hydrogens is 284 g/mol. The van der Waals surface area contributed by atoms with Gasteiger partial charge < -0.3 is 14.8 Å². The molecule has 0 fully saturated rings. The second-order valence-corrected chi connectivity index (χ2v) is 5.65. The highest BCUT2D eigenvalue weighted by Gasteiger charge is 2.29. The summed E-state index contributed by atoms with van der Waals surface area (Å²) in [6, 6.07) is 9.17. The molecule has 0 aliphatic carbocycles. The van der Waals surface area contributed by atoms with E-state index in [4.69, 9.17) is 9.52 Å². The van der Waals surface area contributed by atoms with E-state index in [2.05, 4.69) is 10.3 Å². The van der Waals surface area contributed by atoms with E-state index in [-0.39, 0.29) is 12.2 Å². The minimum Gasteiger partial charge on any atom is -0.481 e. The summed E-state index contributed by atoms with van der Waals surface area (Å²) in [4.78, 5) is 27.5. The topological polar surface area (TPSA) is 92.4 Å². The molecule has 6 nitrogen and oxygen atoms in total. The van der Waals surface area contributed by atoms with Gasteiger partial charge in [-0.3, -0.25) is 9.59 Å². The monoisotopic (exact) mass is 302 g/mol. The van der Waals surface area contributed by atoms with Gasteiger partial charge in [-0.25, -0.2) is 4.98 Å². The Morgan fingerprint density at radius 1 is 1.27 bits per heavy atom. The number of hydrogen-bond acceptors (Lipinski definition) is 4. The van der Waals surface area contributed by atoms with E-state index in [1.165, 1.54) is 0 Å². The van der Waals surface area contributed by atoms with Crippen LogP contribution in [0.15, 0.2) is 34.7 Å². The predicted octanol–water partition coefficient (Wildman–Crippen LogP) is 2.49. The van der Waals surface area contributed by atoms with Crippen molar-refractivity contribution in [3.63, 3.8) is 0 Å². The summed E-state index contributed by atoms with van der Waals surface area (Å²) in [6.07, 6.45) is 0. The first-order valence-corrected chi connectivity index (χ1v) is 6.86. The van der Waals surface area contributed by atoms with E-state index in [1.807, 2.05) is 30.3 Å². The fraction of sp³-hybridized carbons (Fsp3) is 0.312. The van der Waals surface area contributed by atoms with E-state index in [1.54, 1.807) is 20.8 Å². The quantitative estimate of drug-likeness (QED) is 0.885. The van der Waals surface area contributed by atoms with E-state index in [0.717, 1.165) is 5.56 Å². The molecule has 1 heterocycles. The molecule has 0 spiro atoms. The van der Waals surface area contributed by atoms with Crippen molar-refractivity contribution in [3.05, 3.63) is 41.9 Å². The first kappa shape index (κ1) is 15.8. The third kappa shape index (κ3) is 3.33. The summed E-state index contributed by atoms with van der Waals surface area (Å²) in [5.74, 6) is -0.678. The summed E-state index contributed by atoms with van der Waals surface area (Å²) >= 11 is 0. The Morgan fingerprint density at radius 2 is 1.91 bits per heavy atom. The van der Waals surface area contributed by atoms with Crippen molar-refractivity contribution in [2.75, 3.05) is 6.54 Å². The Morgan fingerprint density at radius 3 is 2.50 bits per heavy atom. The molecule has 2 aromatic rings. The maximum absolute atomic E-state index is 12.3. The fourth-order valence-corrected chi connectivity index (χ4v) is 1.83. The molecule has 1 aromatic heterocycles. The number of amides is 1.